The summed E-state index contributed by atoms with van der Waals surface area (Å²) in [5.74, 6) is -1.87. The summed E-state index contributed by atoms with van der Waals surface area (Å²) in [5.41, 5.74) is 6.92. The van der Waals surface area contributed by atoms with Crippen molar-refractivity contribution in [2.24, 2.45) is 0 Å². The van der Waals surface area contributed by atoms with Gasteiger partial charge in [0.1, 0.15) is 11.8 Å². The van der Waals surface area contributed by atoms with Crippen LogP contribution in [0.4, 0.5) is 0 Å². The quantitative estimate of drug-likeness (QED) is 0.419. The van der Waals surface area contributed by atoms with E-state index in [1.165, 1.54) is 0 Å². The molecule has 8 nitrogen and oxygen atoms in total. The maximum atomic E-state index is 13.1. The van der Waals surface area contributed by atoms with Crippen LogP contribution in [0.3, 0.4) is 0 Å². The first-order chi connectivity index (χ1) is 16.4. The highest BCUT2D eigenvalue weighted by Gasteiger charge is 2.42. The number of hydrazine groups is 1. The lowest BCUT2D eigenvalue weighted by molar-refractivity contribution is -0.132. The number of rotatable bonds is 7. The molecule has 1 unspecified atom stereocenters. The van der Waals surface area contributed by atoms with Crippen LogP contribution >= 0.6 is 0 Å². The number of aryl methyl sites for hydroxylation is 1. The summed E-state index contributed by atoms with van der Waals surface area (Å²) in [4.78, 5) is 52.2. The molecule has 1 aliphatic rings. The number of carbonyl (C=O) groups excluding carboxylic acids is 4. The first kappa shape index (κ1) is 22.7. The molecule has 1 atom stereocenters. The van der Waals surface area contributed by atoms with E-state index >= 15 is 0 Å². The Balaban J connectivity index is 1.45. The van der Waals surface area contributed by atoms with Gasteiger partial charge in [-0.2, -0.15) is 0 Å². The van der Waals surface area contributed by atoms with Gasteiger partial charge in [0.25, 0.3) is 23.6 Å². The molecule has 1 heterocycles. The van der Waals surface area contributed by atoms with Crippen molar-refractivity contribution in [3.8, 4) is 5.75 Å². The number of imide groups is 1. The number of hydrogen-bond acceptors (Lipinski definition) is 5. The molecule has 0 bridgehead atoms. The molecule has 0 aromatic heterocycles. The number of benzene rings is 3. The van der Waals surface area contributed by atoms with Gasteiger partial charge in [-0.25, -0.2) is 0 Å². The Morgan fingerprint density at radius 3 is 2.03 bits per heavy atom. The summed E-state index contributed by atoms with van der Waals surface area (Å²) in [7, 11) is 0. The molecule has 4 amide bonds. The van der Waals surface area contributed by atoms with E-state index in [-0.39, 0.29) is 24.2 Å². The summed E-state index contributed by atoms with van der Waals surface area (Å²) >= 11 is 0. The number of hydrogen-bond donors (Lipinski definition) is 2. The number of nitrogens with one attached hydrogen (secondary N) is 2. The van der Waals surface area contributed by atoms with Crippen molar-refractivity contribution in [2.45, 2.75) is 19.4 Å². The third kappa shape index (κ3) is 4.96. The topological polar surface area (TPSA) is 105 Å². The van der Waals surface area contributed by atoms with Gasteiger partial charge in [-0.05, 0) is 36.8 Å². The Bertz CT molecular complexity index is 1190. The normalized spacial score (nSPS) is 13.3. The average Bonchev–Trinajstić information content (AvgIpc) is 3.11. The Hall–Kier alpha value is -4.46. The second kappa shape index (κ2) is 9.99. The van der Waals surface area contributed by atoms with Crippen molar-refractivity contribution in [1.82, 2.24) is 15.8 Å². The molecular formula is C26H23N3O5. The van der Waals surface area contributed by atoms with Crippen LogP contribution < -0.4 is 15.6 Å². The molecule has 4 rings (SSSR count). The third-order valence-corrected chi connectivity index (χ3v) is 5.43. The number of fused-ring (bicyclic) bond motifs is 1. The van der Waals surface area contributed by atoms with E-state index in [0.29, 0.717) is 5.75 Å². The van der Waals surface area contributed by atoms with Gasteiger partial charge in [0, 0.05) is 6.42 Å². The Morgan fingerprint density at radius 2 is 1.41 bits per heavy atom. The zero-order valence-electron chi connectivity index (χ0n) is 18.5. The zero-order valence-corrected chi connectivity index (χ0v) is 18.5. The largest absolute Gasteiger partial charge is 0.484 e. The van der Waals surface area contributed by atoms with Crippen LogP contribution in [0.15, 0.2) is 78.9 Å². The minimum Gasteiger partial charge on any atom is -0.484 e. The Kier molecular flexibility index (Phi) is 6.68. The summed E-state index contributed by atoms with van der Waals surface area (Å²) in [6.07, 6.45) is 0.0911. The van der Waals surface area contributed by atoms with Crippen LogP contribution in [0.2, 0.25) is 0 Å². The van der Waals surface area contributed by atoms with Crippen molar-refractivity contribution in [3.05, 3.63) is 101 Å². The molecule has 3 aromatic carbocycles. The van der Waals surface area contributed by atoms with E-state index < -0.39 is 29.7 Å². The number of carbonyl (C=O) groups is 4. The summed E-state index contributed by atoms with van der Waals surface area (Å²) in [6, 6.07) is 21.5. The van der Waals surface area contributed by atoms with Crippen molar-refractivity contribution in [2.75, 3.05) is 6.61 Å². The molecule has 0 saturated carbocycles. The zero-order chi connectivity index (χ0) is 24.1. The fourth-order valence-corrected chi connectivity index (χ4v) is 3.66. The summed E-state index contributed by atoms with van der Waals surface area (Å²) in [5, 5.41) is 0. The van der Waals surface area contributed by atoms with Crippen LogP contribution in [0.5, 0.6) is 5.75 Å². The predicted molar refractivity (Wildman–Crippen MR) is 124 cm³/mol. The summed E-state index contributed by atoms with van der Waals surface area (Å²) in [6.45, 7) is 1.62. The van der Waals surface area contributed by atoms with Crippen LogP contribution in [0.25, 0.3) is 0 Å². The van der Waals surface area contributed by atoms with Crippen molar-refractivity contribution in [1.29, 1.82) is 0 Å². The molecule has 2 N–H and O–H groups in total. The maximum absolute atomic E-state index is 13.1. The average molecular weight is 457 g/mol. The third-order valence-electron chi connectivity index (χ3n) is 5.43. The van der Waals surface area contributed by atoms with Gasteiger partial charge in [0.05, 0.1) is 11.1 Å². The van der Waals surface area contributed by atoms with Gasteiger partial charge in [-0.3, -0.25) is 34.9 Å². The number of nitrogens with zero attached hydrogens (tertiary/aromatic N) is 1. The standard InChI is InChI=1S/C26H23N3O5/c1-17-11-13-19(14-12-17)34-16-23(30)27-28-24(31)22(15-18-7-3-2-4-8-18)29-25(32)20-9-5-6-10-21(20)26(29)33/h2-14,22H,15-16H2,1H3,(H,27,30)(H,28,31). The molecule has 34 heavy (non-hydrogen) atoms. The van der Waals surface area contributed by atoms with E-state index in [9.17, 15) is 19.2 Å². The number of amides is 4. The van der Waals surface area contributed by atoms with Crippen molar-refractivity contribution in [3.63, 3.8) is 0 Å². The van der Waals surface area contributed by atoms with E-state index in [4.69, 9.17) is 4.74 Å². The molecule has 8 heteroatoms. The molecule has 3 aromatic rings. The molecule has 172 valence electrons. The van der Waals surface area contributed by atoms with Gasteiger partial charge in [0.2, 0.25) is 0 Å². The molecular weight excluding hydrogens is 434 g/mol. The van der Waals surface area contributed by atoms with Crippen molar-refractivity contribution < 1.29 is 23.9 Å². The van der Waals surface area contributed by atoms with Gasteiger partial charge >= 0.3 is 0 Å². The van der Waals surface area contributed by atoms with Gasteiger partial charge < -0.3 is 4.74 Å². The molecule has 0 aliphatic carbocycles. The van der Waals surface area contributed by atoms with E-state index in [1.54, 1.807) is 60.7 Å². The van der Waals surface area contributed by atoms with Crippen LogP contribution in [0, 0.1) is 6.92 Å². The highest BCUT2D eigenvalue weighted by atomic mass is 16.5. The highest BCUT2D eigenvalue weighted by Crippen LogP contribution is 2.26. The van der Waals surface area contributed by atoms with E-state index in [0.717, 1.165) is 16.0 Å². The Labute approximate surface area is 196 Å². The molecule has 0 fully saturated rings. The van der Waals surface area contributed by atoms with E-state index in [1.807, 2.05) is 25.1 Å². The fraction of sp³-hybridized carbons (Fsp3) is 0.154. The summed E-state index contributed by atoms with van der Waals surface area (Å²) < 4.78 is 5.41. The highest BCUT2D eigenvalue weighted by molar-refractivity contribution is 6.22. The van der Waals surface area contributed by atoms with Gasteiger partial charge in [-0.15, -0.1) is 0 Å². The lowest BCUT2D eigenvalue weighted by Crippen LogP contribution is -2.55. The van der Waals surface area contributed by atoms with E-state index in [2.05, 4.69) is 10.9 Å². The molecule has 1 aliphatic heterocycles. The lowest BCUT2D eigenvalue weighted by Gasteiger charge is -2.25. The SMILES string of the molecule is Cc1ccc(OCC(=O)NNC(=O)C(Cc2ccccc2)N2C(=O)c3ccccc3C2=O)cc1. The Morgan fingerprint density at radius 1 is 0.824 bits per heavy atom. The molecule has 0 spiro atoms. The maximum Gasteiger partial charge on any atom is 0.276 e. The first-order valence-corrected chi connectivity index (χ1v) is 10.7. The minimum absolute atomic E-state index is 0.0911. The monoisotopic (exact) mass is 457 g/mol. The lowest BCUT2D eigenvalue weighted by atomic mass is 10.0. The van der Waals surface area contributed by atoms with Crippen LogP contribution in [-0.4, -0.2) is 41.2 Å². The van der Waals surface area contributed by atoms with Crippen LogP contribution in [0.1, 0.15) is 31.8 Å². The molecule has 0 radical (unpaired) electrons. The van der Waals surface area contributed by atoms with Gasteiger partial charge in [-0.1, -0.05) is 60.2 Å². The smallest absolute Gasteiger partial charge is 0.276 e. The second-order valence-corrected chi connectivity index (χ2v) is 7.87. The first-order valence-electron chi connectivity index (χ1n) is 10.7. The van der Waals surface area contributed by atoms with Crippen LogP contribution in [-0.2, 0) is 16.0 Å². The molecule has 0 saturated heterocycles. The van der Waals surface area contributed by atoms with Gasteiger partial charge in [0.15, 0.2) is 6.61 Å². The number of ether oxygens (including phenoxy) is 1. The predicted octanol–water partition coefficient (Wildman–Crippen LogP) is 2.43. The fourth-order valence-electron chi connectivity index (χ4n) is 3.66. The second-order valence-electron chi connectivity index (χ2n) is 7.87. The van der Waals surface area contributed by atoms with Crippen molar-refractivity contribution >= 4 is 23.6 Å². The minimum atomic E-state index is -1.16.